The van der Waals surface area contributed by atoms with Crippen molar-refractivity contribution in [2.45, 2.75) is 20.3 Å². The van der Waals surface area contributed by atoms with Crippen LogP contribution in [0.15, 0.2) is 48.5 Å². The lowest BCUT2D eigenvalue weighted by molar-refractivity contribution is 0.100. The van der Waals surface area contributed by atoms with Crippen LogP contribution in [-0.4, -0.2) is 22.4 Å². The van der Waals surface area contributed by atoms with Gasteiger partial charge in [-0.1, -0.05) is 29.3 Å². The van der Waals surface area contributed by atoms with Crippen LogP contribution < -0.4 is 16.8 Å². The molecule has 0 aliphatic rings. The van der Waals surface area contributed by atoms with Crippen LogP contribution in [0.1, 0.15) is 27.0 Å². The fourth-order valence-electron chi connectivity index (χ4n) is 3.00. The third kappa shape index (κ3) is 4.82. The minimum atomic E-state index is -0.421. The van der Waals surface area contributed by atoms with Crippen molar-refractivity contribution >= 4 is 17.7 Å². The molecule has 0 spiro atoms. The van der Waals surface area contributed by atoms with Crippen molar-refractivity contribution < 1.29 is 4.79 Å². The maximum atomic E-state index is 11.1. The first-order chi connectivity index (χ1) is 12.9. The Kier molecular flexibility index (Phi) is 5.35. The van der Waals surface area contributed by atoms with Gasteiger partial charge < -0.3 is 16.8 Å². The summed E-state index contributed by atoms with van der Waals surface area (Å²) in [5.41, 5.74) is 16.9. The van der Waals surface area contributed by atoms with E-state index in [1.54, 1.807) is 12.1 Å². The summed E-state index contributed by atoms with van der Waals surface area (Å²) in [6, 6.07) is 15.5. The number of hydrogen-bond acceptors (Lipinski definition) is 5. The first-order valence-corrected chi connectivity index (χ1v) is 8.76. The van der Waals surface area contributed by atoms with E-state index >= 15 is 0 Å². The fraction of sp³-hybridized carbons (Fsp3) is 0.190. The lowest BCUT2D eigenvalue weighted by Gasteiger charge is -2.10. The smallest absolute Gasteiger partial charge is 0.248 e. The molecule has 0 fully saturated rings. The second kappa shape index (κ2) is 7.86. The quantitative estimate of drug-likeness (QED) is 0.625. The Labute approximate surface area is 158 Å². The average Bonchev–Trinajstić information content (AvgIpc) is 2.61. The predicted octanol–water partition coefficient (Wildman–Crippen LogP) is 3.10. The van der Waals surface area contributed by atoms with Crippen molar-refractivity contribution in [1.29, 1.82) is 0 Å². The number of amides is 1. The molecule has 27 heavy (non-hydrogen) atoms. The summed E-state index contributed by atoms with van der Waals surface area (Å²) in [6.45, 7) is 4.80. The summed E-state index contributed by atoms with van der Waals surface area (Å²) in [7, 11) is 0. The Balaban J connectivity index is 1.70. The van der Waals surface area contributed by atoms with Gasteiger partial charge >= 0.3 is 0 Å². The van der Waals surface area contributed by atoms with Gasteiger partial charge in [-0.25, -0.2) is 4.98 Å². The monoisotopic (exact) mass is 361 g/mol. The maximum absolute atomic E-state index is 11.1. The van der Waals surface area contributed by atoms with E-state index < -0.39 is 5.91 Å². The number of carbonyl (C=O) groups excluding carboxylic acids is 1. The highest BCUT2D eigenvalue weighted by molar-refractivity contribution is 5.92. The molecule has 138 valence electrons. The number of aryl methyl sites for hydroxylation is 2. The number of rotatable bonds is 6. The van der Waals surface area contributed by atoms with Crippen LogP contribution in [0.25, 0.3) is 11.3 Å². The molecule has 6 nitrogen and oxygen atoms in total. The molecule has 0 unspecified atom stereocenters. The minimum Gasteiger partial charge on any atom is -0.370 e. The molecular weight excluding hydrogens is 338 g/mol. The molecule has 0 saturated carbocycles. The molecular formula is C21H23N5O. The first kappa shape index (κ1) is 18.4. The zero-order chi connectivity index (χ0) is 19.4. The number of aromatic nitrogens is 2. The highest BCUT2D eigenvalue weighted by Gasteiger charge is 2.07. The molecule has 5 N–H and O–H groups in total. The van der Waals surface area contributed by atoms with Crippen LogP contribution in [0.5, 0.6) is 0 Å². The van der Waals surface area contributed by atoms with Crippen LogP contribution in [0.3, 0.4) is 0 Å². The van der Waals surface area contributed by atoms with Crippen LogP contribution in [-0.2, 0) is 6.42 Å². The predicted molar refractivity (Wildman–Crippen MR) is 109 cm³/mol. The summed E-state index contributed by atoms with van der Waals surface area (Å²) in [5.74, 6) is 0.500. The zero-order valence-corrected chi connectivity index (χ0v) is 15.5. The fourth-order valence-corrected chi connectivity index (χ4v) is 3.00. The largest absolute Gasteiger partial charge is 0.370 e. The van der Waals surface area contributed by atoms with E-state index in [1.165, 1.54) is 11.1 Å². The number of carbonyl (C=O) groups is 1. The molecule has 0 saturated heterocycles. The van der Waals surface area contributed by atoms with Gasteiger partial charge in [0.05, 0.1) is 5.69 Å². The summed E-state index contributed by atoms with van der Waals surface area (Å²) in [4.78, 5) is 19.7. The Morgan fingerprint density at radius 3 is 2.30 bits per heavy atom. The number of nitrogens with two attached hydrogens (primary N) is 2. The Hall–Kier alpha value is -3.41. The summed E-state index contributed by atoms with van der Waals surface area (Å²) >= 11 is 0. The van der Waals surface area contributed by atoms with E-state index in [9.17, 15) is 4.79 Å². The van der Waals surface area contributed by atoms with E-state index in [4.69, 9.17) is 11.5 Å². The SMILES string of the molecule is Cc1cc(C)cc(-c2cc(NCCc3ccc(C(N)=O)cc3)nc(N)n2)c1. The molecule has 1 amide bonds. The highest BCUT2D eigenvalue weighted by atomic mass is 16.1. The lowest BCUT2D eigenvalue weighted by atomic mass is 10.0. The van der Waals surface area contributed by atoms with Crippen LogP contribution in [0.4, 0.5) is 11.8 Å². The third-order valence-electron chi connectivity index (χ3n) is 4.22. The van der Waals surface area contributed by atoms with Gasteiger partial charge in [-0.2, -0.15) is 4.98 Å². The summed E-state index contributed by atoms with van der Waals surface area (Å²) in [5, 5.41) is 3.29. The number of primary amides is 1. The first-order valence-electron chi connectivity index (χ1n) is 8.76. The van der Waals surface area contributed by atoms with E-state index in [2.05, 4.69) is 47.3 Å². The number of anilines is 2. The topological polar surface area (TPSA) is 107 Å². The van der Waals surface area contributed by atoms with Crippen molar-refractivity contribution in [3.8, 4) is 11.3 Å². The molecule has 0 aliphatic heterocycles. The standard InChI is InChI=1S/C21H23N5O/c1-13-9-14(2)11-17(10-13)18-12-19(26-21(23)25-18)24-8-7-15-3-5-16(6-4-15)20(22)27/h3-6,9-12H,7-8H2,1-2H3,(H2,22,27)(H3,23,24,25,26). The molecule has 2 aromatic carbocycles. The normalized spacial score (nSPS) is 10.6. The van der Waals surface area contributed by atoms with Gasteiger partial charge in [0, 0.05) is 23.7 Å². The molecule has 0 aliphatic carbocycles. The van der Waals surface area contributed by atoms with Crippen LogP contribution in [0, 0.1) is 13.8 Å². The number of nitrogens with one attached hydrogen (secondary N) is 1. The number of nitrogen functional groups attached to an aromatic ring is 1. The zero-order valence-electron chi connectivity index (χ0n) is 15.5. The molecule has 6 heteroatoms. The molecule has 0 radical (unpaired) electrons. The molecule has 1 aromatic heterocycles. The maximum Gasteiger partial charge on any atom is 0.248 e. The van der Waals surface area contributed by atoms with E-state index in [0.29, 0.717) is 17.9 Å². The summed E-state index contributed by atoms with van der Waals surface area (Å²) < 4.78 is 0. The Bertz CT molecular complexity index is 947. The van der Waals surface area contributed by atoms with Crippen molar-refractivity contribution in [3.05, 3.63) is 70.8 Å². The van der Waals surface area contributed by atoms with Gasteiger partial charge in [-0.05, 0) is 50.1 Å². The van der Waals surface area contributed by atoms with Gasteiger partial charge in [0.25, 0.3) is 0 Å². The van der Waals surface area contributed by atoms with Crippen molar-refractivity contribution in [2.24, 2.45) is 5.73 Å². The van der Waals surface area contributed by atoms with Crippen molar-refractivity contribution in [1.82, 2.24) is 9.97 Å². The van der Waals surface area contributed by atoms with Crippen molar-refractivity contribution in [3.63, 3.8) is 0 Å². The Morgan fingerprint density at radius 1 is 1.00 bits per heavy atom. The second-order valence-electron chi connectivity index (χ2n) is 6.61. The van der Waals surface area contributed by atoms with Gasteiger partial charge in [0.15, 0.2) is 0 Å². The molecule has 3 aromatic rings. The minimum absolute atomic E-state index is 0.236. The molecule has 0 bridgehead atoms. The van der Waals surface area contributed by atoms with E-state index in [-0.39, 0.29) is 5.95 Å². The van der Waals surface area contributed by atoms with E-state index in [0.717, 1.165) is 23.2 Å². The molecule has 3 rings (SSSR count). The number of benzene rings is 2. The van der Waals surface area contributed by atoms with Crippen LogP contribution in [0.2, 0.25) is 0 Å². The molecule has 1 heterocycles. The molecule has 0 atom stereocenters. The van der Waals surface area contributed by atoms with Gasteiger partial charge in [0.1, 0.15) is 5.82 Å². The van der Waals surface area contributed by atoms with Crippen LogP contribution >= 0.6 is 0 Å². The van der Waals surface area contributed by atoms with E-state index in [1.807, 2.05) is 18.2 Å². The van der Waals surface area contributed by atoms with Gasteiger partial charge in [-0.3, -0.25) is 4.79 Å². The van der Waals surface area contributed by atoms with Gasteiger partial charge in [0.2, 0.25) is 11.9 Å². The number of nitrogens with zero attached hydrogens (tertiary/aromatic N) is 2. The Morgan fingerprint density at radius 2 is 1.67 bits per heavy atom. The number of hydrogen-bond donors (Lipinski definition) is 3. The second-order valence-corrected chi connectivity index (χ2v) is 6.61. The lowest BCUT2D eigenvalue weighted by Crippen LogP contribution is -2.11. The van der Waals surface area contributed by atoms with Crippen molar-refractivity contribution in [2.75, 3.05) is 17.6 Å². The summed E-state index contributed by atoms with van der Waals surface area (Å²) in [6.07, 6.45) is 0.780. The van der Waals surface area contributed by atoms with Gasteiger partial charge in [-0.15, -0.1) is 0 Å². The third-order valence-corrected chi connectivity index (χ3v) is 4.22. The highest BCUT2D eigenvalue weighted by Crippen LogP contribution is 2.23. The average molecular weight is 361 g/mol.